The van der Waals surface area contributed by atoms with E-state index in [0.29, 0.717) is 5.75 Å². The number of hydrogen-bond acceptors (Lipinski definition) is 1. The molecule has 2 heteroatoms. The Morgan fingerprint density at radius 3 is 2.40 bits per heavy atom. The zero-order valence-corrected chi connectivity index (χ0v) is 6.50. The van der Waals surface area contributed by atoms with Gasteiger partial charge in [0.05, 0.1) is 0 Å². The minimum absolute atomic E-state index is 0.122. The van der Waals surface area contributed by atoms with Crippen LogP contribution < -0.4 is 0 Å². The molecular formula is C8H9OS+. The van der Waals surface area contributed by atoms with Crippen molar-refractivity contribution in [2.24, 2.45) is 0 Å². The number of hydrogen-bond donors (Lipinski definition) is 0. The van der Waals surface area contributed by atoms with Crippen LogP contribution in [0.15, 0.2) is 30.3 Å². The molecule has 0 aliphatic carbocycles. The quantitative estimate of drug-likeness (QED) is 0.455. The van der Waals surface area contributed by atoms with Crippen LogP contribution in [0.3, 0.4) is 0 Å². The van der Waals surface area contributed by atoms with Gasteiger partial charge in [0.25, 0.3) is 0 Å². The molecule has 0 aliphatic rings. The van der Waals surface area contributed by atoms with Gasteiger partial charge in [-0.05, 0) is 12.6 Å². The van der Waals surface area contributed by atoms with Crippen molar-refractivity contribution in [1.82, 2.24) is 0 Å². The van der Waals surface area contributed by atoms with Gasteiger partial charge in [-0.25, -0.2) is 0 Å². The Bertz CT molecular complexity index is 218. The van der Waals surface area contributed by atoms with Crippen molar-refractivity contribution in [2.75, 3.05) is 5.75 Å². The van der Waals surface area contributed by atoms with Crippen LogP contribution in [0.5, 0.6) is 0 Å². The topological polar surface area (TPSA) is 17.1 Å². The van der Waals surface area contributed by atoms with E-state index in [9.17, 15) is 4.79 Å². The molecule has 0 unspecified atom stereocenters. The molecule has 0 fully saturated rings. The van der Waals surface area contributed by atoms with E-state index >= 15 is 0 Å². The van der Waals surface area contributed by atoms with E-state index in [1.807, 2.05) is 30.3 Å². The molecule has 1 aromatic rings. The van der Waals surface area contributed by atoms with Crippen LogP contribution >= 0.6 is 0 Å². The molecule has 0 amide bonds. The Hall–Kier alpha value is -0.760. The summed E-state index contributed by atoms with van der Waals surface area (Å²) >= 11 is 3.15. The summed E-state index contributed by atoms with van der Waals surface area (Å²) in [7, 11) is 0. The maximum absolute atomic E-state index is 11.0. The first kappa shape index (κ1) is 7.35. The monoisotopic (exact) mass is 153 g/mol. The van der Waals surface area contributed by atoms with Gasteiger partial charge in [0.1, 0.15) is 0 Å². The van der Waals surface area contributed by atoms with Crippen molar-refractivity contribution in [1.29, 1.82) is 0 Å². The second-order valence-electron chi connectivity index (χ2n) is 1.97. The maximum Gasteiger partial charge on any atom is 0.211 e. The van der Waals surface area contributed by atoms with E-state index in [2.05, 4.69) is 12.6 Å². The van der Waals surface area contributed by atoms with Crippen LogP contribution in [-0.4, -0.2) is 11.5 Å². The summed E-state index contributed by atoms with van der Waals surface area (Å²) in [5.41, 5.74) is 0.762. The fourth-order valence-electron chi connectivity index (χ4n) is 0.726. The average molecular weight is 153 g/mol. The second-order valence-corrected chi connectivity index (χ2v) is 2.32. The van der Waals surface area contributed by atoms with E-state index in [1.54, 1.807) is 0 Å². The highest BCUT2D eigenvalue weighted by molar-refractivity contribution is 7.59. The molecule has 0 aliphatic heterocycles. The number of carbonyl (C=O) groups excluding carboxylic acids is 1. The molecule has 0 spiro atoms. The lowest BCUT2D eigenvalue weighted by molar-refractivity contribution is 0.102. The van der Waals surface area contributed by atoms with Crippen molar-refractivity contribution in [2.45, 2.75) is 0 Å². The van der Waals surface area contributed by atoms with Gasteiger partial charge in [-0.3, -0.25) is 4.79 Å². The number of ketones is 1. The number of Topliss-reactive ketones (excluding diaryl/α,β-unsaturated/α-hetero) is 1. The van der Waals surface area contributed by atoms with E-state index in [4.69, 9.17) is 0 Å². The summed E-state index contributed by atoms with van der Waals surface area (Å²) in [4.78, 5) is 11.0. The highest BCUT2D eigenvalue weighted by Gasteiger charge is 2.02. The number of carbonyl (C=O) groups is 1. The highest BCUT2D eigenvalue weighted by atomic mass is 32.1. The summed E-state index contributed by atoms with van der Waals surface area (Å²) in [6.07, 6.45) is 0. The fraction of sp³-hybridized carbons (Fsp3) is 0.125. The second kappa shape index (κ2) is 3.42. The highest BCUT2D eigenvalue weighted by Crippen LogP contribution is 1.98. The summed E-state index contributed by atoms with van der Waals surface area (Å²) in [6, 6.07) is 9.22. The van der Waals surface area contributed by atoms with Crippen molar-refractivity contribution in [3.63, 3.8) is 0 Å². The standard InChI is InChI=1S/C8H8OS/c9-8(6-10)7-4-2-1-3-5-7/h1-5,10H,6H2/p+1. The first-order valence-electron chi connectivity index (χ1n) is 3.07. The Morgan fingerprint density at radius 1 is 1.30 bits per heavy atom. The zero-order valence-electron chi connectivity index (χ0n) is 5.50. The smallest absolute Gasteiger partial charge is 0.211 e. The van der Waals surface area contributed by atoms with Crippen LogP contribution in [0.2, 0.25) is 0 Å². The molecule has 1 rings (SSSR count). The molecule has 0 bridgehead atoms. The fourth-order valence-corrected chi connectivity index (χ4v) is 0.930. The Morgan fingerprint density at radius 2 is 1.90 bits per heavy atom. The molecule has 0 atom stereocenters. The lowest BCUT2D eigenvalue weighted by Crippen LogP contribution is -2.01. The van der Waals surface area contributed by atoms with Crippen molar-refractivity contribution in [3.05, 3.63) is 35.9 Å². The lowest BCUT2D eigenvalue weighted by atomic mass is 10.2. The van der Waals surface area contributed by atoms with Gasteiger partial charge in [0, 0.05) is 5.56 Å². The van der Waals surface area contributed by atoms with Crippen LogP contribution in [0.4, 0.5) is 0 Å². The molecule has 0 saturated carbocycles. The molecular weight excluding hydrogens is 144 g/mol. The average Bonchev–Trinajstić information content (AvgIpc) is 2.05. The van der Waals surface area contributed by atoms with E-state index < -0.39 is 0 Å². The molecule has 10 heavy (non-hydrogen) atoms. The minimum Gasteiger partial charge on any atom is -0.289 e. The molecule has 0 aromatic heterocycles. The number of benzene rings is 1. The van der Waals surface area contributed by atoms with E-state index in [1.165, 1.54) is 0 Å². The maximum atomic E-state index is 11.0. The largest absolute Gasteiger partial charge is 0.289 e. The third-order valence-corrected chi connectivity index (χ3v) is 1.58. The van der Waals surface area contributed by atoms with Gasteiger partial charge in [0.2, 0.25) is 5.78 Å². The predicted molar refractivity (Wildman–Crippen MR) is 45.8 cm³/mol. The summed E-state index contributed by atoms with van der Waals surface area (Å²) in [6.45, 7) is 0. The van der Waals surface area contributed by atoms with Gasteiger partial charge < -0.3 is 0 Å². The predicted octanol–water partition coefficient (Wildman–Crippen LogP) is 0.881. The molecule has 0 N–H and O–H groups in total. The van der Waals surface area contributed by atoms with Gasteiger partial charge in [-0.2, -0.15) is 0 Å². The van der Waals surface area contributed by atoms with Gasteiger partial charge in [-0.15, -0.1) is 0 Å². The van der Waals surface area contributed by atoms with Crippen LogP contribution in [0.1, 0.15) is 10.4 Å². The van der Waals surface area contributed by atoms with Crippen LogP contribution in [0.25, 0.3) is 0 Å². The Labute approximate surface area is 65.5 Å². The summed E-state index contributed by atoms with van der Waals surface area (Å²) in [5.74, 6) is 0.515. The first-order chi connectivity index (χ1) is 4.84. The first-order valence-corrected chi connectivity index (χ1v) is 3.78. The SMILES string of the molecule is O=C(C[SH2+])c1ccccc1. The molecule has 1 nitrogen and oxygen atoms in total. The van der Waals surface area contributed by atoms with Gasteiger partial charge in [0.15, 0.2) is 5.75 Å². The third kappa shape index (κ3) is 1.61. The van der Waals surface area contributed by atoms with Crippen molar-refractivity contribution >= 4 is 18.4 Å². The molecule has 0 saturated heterocycles. The molecule has 0 radical (unpaired) electrons. The van der Waals surface area contributed by atoms with Gasteiger partial charge in [-0.1, -0.05) is 30.3 Å². The lowest BCUT2D eigenvalue weighted by Gasteiger charge is -1.90. The summed E-state index contributed by atoms with van der Waals surface area (Å²) < 4.78 is 0. The minimum atomic E-state index is 0.122. The summed E-state index contributed by atoms with van der Waals surface area (Å²) in [5, 5.41) is 0. The van der Waals surface area contributed by atoms with E-state index in [-0.39, 0.29) is 5.78 Å². The number of rotatable bonds is 2. The van der Waals surface area contributed by atoms with Gasteiger partial charge >= 0.3 is 0 Å². The van der Waals surface area contributed by atoms with Crippen LogP contribution in [-0.2, 0) is 12.6 Å². The third-order valence-electron chi connectivity index (χ3n) is 1.26. The van der Waals surface area contributed by atoms with Crippen LogP contribution in [0, 0.1) is 0 Å². The zero-order chi connectivity index (χ0) is 7.40. The normalized spacial score (nSPS) is 9.30. The van der Waals surface area contributed by atoms with Crippen molar-refractivity contribution < 1.29 is 4.79 Å². The Balaban J connectivity index is 2.85. The molecule has 0 heterocycles. The van der Waals surface area contributed by atoms with E-state index in [0.717, 1.165) is 5.56 Å². The molecule has 1 aromatic carbocycles. The Kier molecular flexibility index (Phi) is 2.51. The molecule has 52 valence electrons. The van der Waals surface area contributed by atoms with Crippen molar-refractivity contribution in [3.8, 4) is 0 Å².